The molecule has 0 aromatic heterocycles. The first-order chi connectivity index (χ1) is 32.1. The molecule has 0 amide bonds. The molecule has 2 atom stereocenters. The highest BCUT2D eigenvalue weighted by atomic mass is 28.4. The largest absolute Gasteiger partial charge is 0.460 e. The Hall–Kier alpha value is -1.25. The molecule has 0 saturated carbocycles. The summed E-state index contributed by atoms with van der Waals surface area (Å²) >= 11 is 0. The number of aliphatic hydroxyl groups is 2. The van der Waals surface area contributed by atoms with Gasteiger partial charge in [-0.05, 0) is 102 Å². The van der Waals surface area contributed by atoms with Gasteiger partial charge in [-0.25, -0.2) is 9.59 Å². The number of aliphatic hydroxyl groups excluding tert-OH is 2. The minimum absolute atomic E-state index is 0.000443. The average molecular weight is 1040 g/mol. The van der Waals surface area contributed by atoms with Crippen LogP contribution in [0.1, 0.15) is 177 Å². The number of carbonyl (C=O) groups excluding carboxylic acids is 2. The summed E-state index contributed by atoms with van der Waals surface area (Å²) in [6, 6.07) is 1.07. The van der Waals surface area contributed by atoms with E-state index < -0.39 is 50.3 Å². The molecule has 2 unspecified atom stereocenters. The Bertz CT molecular complexity index is 1240. The van der Waals surface area contributed by atoms with Crippen LogP contribution < -0.4 is 0 Å². The van der Waals surface area contributed by atoms with Crippen LogP contribution in [0, 0.1) is 10.8 Å². The van der Waals surface area contributed by atoms with Crippen molar-refractivity contribution in [1.82, 2.24) is 0 Å². The number of esters is 2. The predicted molar refractivity (Wildman–Crippen MR) is 294 cm³/mol. The van der Waals surface area contributed by atoms with Crippen molar-refractivity contribution in [3.8, 4) is 0 Å². The molecule has 410 valence electrons. The maximum absolute atomic E-state index is 11.5. The van der Waals surface area contributed by atoms with Crippen molar-refractivity contribution < 1.29 is 57.1 Å². The number of carbonyl (C=O) groups is 2. The van der Waals surface area contributed by atoms with E-state index in [2.05, 4.69) is 94.0 Å². The van der Waals surface area contributed by atoms with Crippen LogP contribution in [0.3, 0.4) is 0 Å². The fourth-order valence-electron chi connectivity index (χ4n) is 6.85. The molecule has 2 N–H and O–H groups in total. The Labute approximate surface area is 428 Å². The maximum atomic E-state index is 11.5. The summed E-state index contributed by atoms with van der Waals surface area (Å²) < 4.78 is 45.6. The van der Waals surface area contributed by atoms with Gasteiger partial charge in [0, 0.05) is 44.0 Å². The van der Waals surface area contributed by atoms with Crippen LogP contribution in [0.15, 0.2) is 24.3 Å². The zero-order valence-corrected chi connectivity index (χ0v) is 50.6. The van der Waals surface area contributed by atoms with Crippen molar-refractivity contribution in [1.29, 1.82) is 0 Å². The summed E-state index contributed by atoms with van der Waals surface area (Å²) in [5, 5.41) is 19.7. The van der Waals surface area contributed by atoms with E-state index >= 15 is 0 Å². The van der Waals surface area contributed by atoms with Gasteiger partial charge in [0.15, 0.2) is 22.9 Å². The van der Waals surface area contributed by atoms with E-state index in [4.69, 9.17) is 37.3 Å². The molecule has 0 heterocycles. The molecule has 12 nitrogen and oxygen atoms in total. The minimum Gasteiger partial charge on any atom is -0.460 e. The topological polar surface area (TPSA) is 148 Å². The molecule has 0 spiro atoms. The van der Waals surface area contributed by atoms with E-state index in [9.17, 15) is 19.8 Å². The van der Waals surface area contributed by atoms with E-state index in [-0.39, 0.29) is 38.6 Å². The quantitative estimate of drug-likeness (QED) is 0.0197. The third-order valence-corrected chi connectivity index (χ3v) is 14.9. The number of hydrogen-bond acceptors (Lipinski definition) is 12. The summed E-state index contributed by atoms with van der Waals surface area (Å²) in [5.41, 5.74) is 1.54. The van der Waals surface area contributed by atoms with Gasteiger partial charge >= 0.3 is 11.9 Å². The minimum atomic E-state index is -1.62. The van der Waals surface area contributed by atoms with Gasteiger partial charge in [0.25, 0.3) is 0 Å². The smallest absolute Gasteiger partial charge is 0.333 e. The van der Waals surface area contributed by atoms with Crippen LogP contribution in [-0.2, 0) is 46.9 Å². The maximum Gasteiger partial charge on any atom is 0.333 e. The van der Waals surface area contributed by atoms with Crippen LogP contribution in [0.4, 0.5) is 0 Å². The Morgan fingerprint density at radius 1 is 0.507 bits per heavy atom. The van der Waals surface area contributed by atoms with Gasteiger partial charge in [-0.2, -0.15) is 0 Å². The van der Waals surface area contributed by atoms with Crippen LogP contribution in [0.2, 0.25) is 45.3 Å². The van der Waals surface area contributed by atoms with E-state index in [0.717, 1.165) is 51.4 Å². The Morgan fingerprint density at radius 3 is 1.20 bits per heavy atom. The molecule has 0 aliphatic rings. The summed E-state index contributed by atoms with van der Waals surface area (Å²) in [4.78, 5) is 22.7. The third kappa shape index (κ3) is 54.4. The van der Waals surface area contributed by atoms with Crippen molar-refractivity contribution in [2.75, 3.05) is 52.9 Å². The highest BCUT2D eigenvalue weighted by Gasteiger charge is 2.27. The second-order valence-electron chi connectivity index (χ2n) is 23.5. The second kappa shape index (κ2) is 41.1. The monoisotopic (exact) mass is 1030 g/mol. The summed E-state index contributed by atoms with van der Waals surface area (Å²) in [6.45, 7) is 39.9. The highest BCUT2D eigenvalue weighted by Crippen LogP contribution is 2.24. The summed E-state index contributed by atoms with van der Waals surface area (Å²) in [5.74, 6) is -0.991. The molecule has 0 rings (SSSR count). The summed E-state index contributed by atoms with van der Waals surface area (Å²) in [7, 11) is -3.74. The summed E-state index contributed by atoms with van der Waals surface area (Å²) in [6.07, 6.45) is 21.0. The molecule has 0 aliphatic heterocycles. The molecule has 0 aromatic carbocycles. The molecule has 0 aromatic rings. The molecule has 0 aliphatic carbocycles. The van der Waals surface area contributed by atoms with Gasteiger partial charge in [-0.1, -0.05) is 138 Å². The standard InChI is InChI=1S/C37H72O6.C17H38O6Si3/c1-32(2)35(39)43-31-33(38)30-40-27-23-24-34(41-28-21-17-13-9-11-15-19-25-36(3,4)5)42-29-22-18-14-10-12-16-20-26-37(6,7)8;1-14(2)16(19)21-13-15(18)12-20-10-9-11-24-17(22-25(3,4)5)23-26(6,7)8/h33-34,38H,1,9-31H2,2-8H3;15,17-18H,1,9-13,24H2,2-8H3. The molecule has 69 heavy (non-hydrogen) atoms. The zero-order chi connectivity index (χ0) is 52.8. The van der Waals surface area contributed by atoms with Crippen molar-refractivity contribution >= 4 is 38.1 Å². The second-order valence-corrected chi connectivity index (χ2v) is 34.4. The number of unbranched alkanes of at least 4 members (excludes halogenated alkanes) is 12. The van der Waals surface area contributed by atoms with Gasteiger partial charge in [-0.3, -0.25) is 0 Å². The van der Waals surface area contributed by atoms with Gasteiger partial charge in [0.2, 0.25) is 0 Å². The SMILES string of the molecule is C=C(C)C(=O)OCC(O)COCCCC(OCCCCCCCCCC(C)(C)C)OCCCCCCCCCC(C)(C)C.C=C(C)C(=O)OCC(O)COCCC[SiH2]C(O[Si](C)(C)C)O[Si](C)(C)C. The molecular formula is C54H110O12Si3. The zero-order valence-electron chi connectivity index (χ0n) is 47.2. The molecule has 0 bridgehead atoms. The third-order valence-electron chi connectivity index (χ3n) is 10.6. The highest BCUT2D eigenvalue weighted by molar-refractivity contribution is 6.71. The van der Waals surface area contributed by atoms with Crippen LogP contribution >= 0.6 is 0 Å². The van der Waals surface area contributed by atoms with Crippen molar-refractivity contribution in [3.05, 3.63) is 24.3 Å². The lowest BCUT2D eigenvalue weighted by Crippen LogP contribution is -2.43. The lowest BCUT2D eigenvalue weighted by atomic mass is 9.89. The van der Waals surface area contributed by atoms with E-state index in [1.807, 2.05) is 0 Å². The molecular weight excluding hydrogens is 925 g/mol. The Kier molecular flexibility index (Phi) is 41.6. The van der Waals surface area contributed by atoms with Crippen LogP contribution in [-0.4, -0.2) is 126 Å². The fraction of sp³-hybridized carbons (Fsp3) is 0.889. The van der Waals surface area contributed by atoms with Crippen molar-refractivity contribution in [2.24, 2.45) is 10.8 Å². The molecule has 0 radical (unpaired) electrons. The van der Waals surface area contributed by atoms with E-state index in [1.54, 1.807) is 13.8 Å². The number of rotatable bonds is 43. The Morgan fingerprint density at radius 2 is 0.855 bits per heavy atom. The van der Waals surface area contributed by atoms with Gasteiger partial charge in [0.05, 0.1) is 22.7 Å². The lowest BCUT2D eigenvalue weighted by molar-refractivity contribution is -0.150. The first-order valence-corrected chi connectivity index (χ1v) is 35.5. The Balaban J connectivity index is 0. The molecule has 0 fully saturated rings. The van der Waals surface area contributed by atoms with Crippen LogP contribution in [0.5, 0.6) is 0 Å². The van der Waals surface area contributed by atoms with Gasteiger partial charge < -0.3 is 47.5 Å². The van der Waals surface area contributed by atoms with E-state index in [1.165, 1.54) is 89.9 Å². The normalized spacial score (nSPS) is 13.5. The lowest BCUT2D eigenvalue weighted by Gasteiger charge is -2.31. The number of ether oxygens (including phenoxy) is 6. The van der Waals surface area contributed by atoms with Crippen molar-refractivity contribution in [2.45, 2.75) is 247 Å². The first-order valence-electron chi connectivity index (χ1n) is 26.9. The van der Waals surface area contributed by atoms with Crippen LogP contribution in [0.25, 0.3) is 0 Å². The van der Waals surface area contributed by atoms with Crippen molar-refractivity contribution in [3.63, 3.8) is 0 Å². The average Bonchev–Trinajstić information content (AvgIpc) is 3.22. The number of hydrogen-bond donors (Lipinski definition) is 2. The predicted octanol–water partition coefficient (Wildman–Crippen LogP) is 12.4. The molecule has 0 saturated heterocycles. The first kappa shape index (κ1) is 69.8. The molecule has 15 heteroatoms. The van der Waals surface area contributed by atoms with Gasteiger partial charge in [0.1, 0.15) is 31.3 Å². The fourth-order valence-corrected chi connectivity index (χ4v) is 13.4. The van der Waals surface area contributed by atoms with E-state index in [0.29, 0.717) is 35.2 Å². The van der Waals surface area contributed by atoms with Gasteiger partial charge in [-0.15, -0.1) is 0 Å².